The molecule has 0 bridgehead atoms. The van der Waals surface area contributed by atoms with E-state index in [1.807, 2.05) is 0 Å². The number of carbonyl (C=O) groups excluding carboxylic acids is 1. The van der Waals surface area contributed by atoms with Crippen molar-refractivity contribution < 1.29 is 4.79 Å². The number of benzene rings is 1. The zero-order chi connectivity index (χ0) is 17.1. The summed E-state index contributed by atoms with van der Waals surface area (Å²) in [7, 11) is 0. The van der Waals surface area contributed by atoms with Crippen molar-refractivity contribution in [2.45, 2.75) is 13.8 Å². The van der Waals surface area contributed by atoms with E-state index in [0.717, 1.165) is 5.69 Å². The number of nitrogens with zero attached hydrogens (tertiary/aromatic N) is 3. The molecule has 0 fully saturated rings. The average Bonchev–Trinajstić information content (AvgIpc) is 2.55. The monoisotopic (exact) mass is 321 g/mol. The Labute approximate surface area is 137 Å². The molecule has 1 amide bonds. The smallest absolute Gasteiger partial charge is 0.275 e. The Balaban J connectivity index is 1.86. The van der Waals surface area contributed by atoms with Gasteiger partial charge in [0.1, 0.15) is 11.5 Å². The molecule has 3 aromatic rings. The lowest BCUT2D eigenvalue weighted by Crippen LogP contribution is -2.14. The highest BCUT2D eigenvalue weighted by Gasteiger charge is 2.09. The van der Waals surface area contributed by atoms with Gasteiger partial charge in [-0.15, -0.1) is 0 Å². The number of carbonyl (C=O) groups is 1. The summed E-state index contributed by atoms with van der Waals surface area (Å²) in [6, 6.07) is 8.48. The first-order valence-corrected chi connectivity index (χ1v) is 7.30. The summed E-state index contributed by atoms with van der Waals surface area (Å²) in [5.41, 5.74) is 2.64. The quantitative estimate of drug-likeness (QED) is 0.769. The van der Waals surface area contributed by atoms with Crippen LogP contribution in [0.5, 0.6) is 0 Å². The van der Waals surface area contributed by atoms with Gasteiger partial charge in [-0.1, -0.05) is 12.1 Å². The summed E-state index contributed by atoms with van der Waals surface area (Å²) in [6.07, 6.45) is 2.96. The van der Waals surface area contributed by atoms with Gasteiger partial charge in [0.2, 0.25) is 0 Å². The van der Waals surface area contributed by atoms with Crippen LogP contribution in [0, 0.1) is 13.8 Å². The minimum atomic E-state index is -0.356. The van der Waals surface area contributed by atoms with Crippen molar-refractivity contribution in [2.75, 3.05) is 5.32 Å². The van der Waals surface area contributed by atoms with Gasteiger partial charge in [0.15, 0.2) is 0 Å². The minimum absolute atomic E-state index is 0.220. The lowest BCUT2D eigenvalue weighted by molar-refractivity contribution is 0.102. The molecule has 0 unspecified atom stereocenters. The summed E-state index contributed by atoms with van der Waals surface area (Å²) in [5, 5.41) is 2.76. The van der Waals surface area contributed by atoms with E-state index in [-0.39, 0.29) is 17.2 Å². The van der Waals surface area contributed by atoms with Crippen LogP contribution in [0.3, 0.4) is 0 Å². The highest BCUT2D eigenvalue weighted by atomic mass is 16.2. The maximum Gasteiger partial charge on any atom is 0.275 e. The SMILES string of the molecule is Cc1cnc(C(=O)Nc2cccc(-c3nc(C)cc(=O)[nH]3)c2)cn1. The lowest BCUT2D eigenvalue weighted by Gasteiger charge is -2.07. The fourth-order valence-electron chi connectivity index (χ4n) is 2.17. The summed E-state index contributed by atoms with van der Waals surface area (Å²) in [5.74, 6) is 0.0940. The third kappa shape index (κ3) is 3.52. The number of hydrogen-bond donors (Lipinski definition) is 2. The Hall–Kier alpha value is -3.35. The van der Waals surface area contributed by atoms with Crippen LogP contribution >= 0.6 is 0 Å². The van der Waals surface area contributed by atoms with Crippen LogP contribution in [-0.4, -0.2) is 25.8 Å². The molecule has 2 heterocycles. The Morgan fingerprint density at radius 2 is 1.92 bits per heavy atom. The fraction of sp³-hybridized carbons (Fsp3) is 0.118. The number of aromatic nitrogens is 4. The molecule has 120 valence electrons. The molecule has 0 aliphatic carbocycles. The van der Waals surface area contributed by atoms with Crippen LogP contribution in [0.1, 0.15) is 21.9 Å². The molecule has 7 nitrogen and oxygen atoms in total. The van der Waals surface area contributed by atoms with E-state index >= 15 is 0 Å². The van der Waals surface area contributed by atoms with Gasteiger partial charge in [0.05, 0.1) is 11.9 Å². The van der Waals surface area contributed by atoms with E-state index in [4.69, 9.17) is 0 Å². The van der Waals surface area contributed by atoms with Crippen LogP contribution in [0.15, 0.2) is 47.5 Å². The first-order chi connectivity index (χ1) is 11.5. The molecule has 0 spiro atoms. The van der Waals surface area contributed by atoms with Crippen LogP contribution < -0.4 is 10.9 Å². The largest absolute Gasteiger partial charge is 0.321 e. The second-order valence-electron chi connectivity index (χ2n) is 5.31. The van der Waals surface area contributed by atoms with E-state index in [9.17, 15) is 9.59 Å². The molecule has 0 saturated heterocycles. The molecule has 1 aromatic carbocycles. The van der Waals surface area contributed by atoms with Gasteiger partial charge in [0.25, 0.3) is 11.5 Å². The number of anilines is 1. The van der Waals surface area contributed by atoms with Crippen molar-refractivity contribution >= 4 is 11.6 Å². The first-order valence-electron chi connectivity index (χ1n) is 7.30. The third-order valence-corrected chi connectivity index (χ3v) is 3.28. The van der Waals surface area contributed by atoms with Crippen LogP contribution in [0.2, 0.25) is 0 Å². The van der Waals surface area contributed by atoms with Crippen molar-refractivity contribution in [2.24, 2.45) is 0 Å². The van der Waals surface area contributed by atoms with Gasteiger partial charge >= 0.3 is 0 Å². The minimum Gasteiger partial charge on any atom is -0.321 e. The summed E-state index contributed by atoms with van der Waals surface area (Å²) >= 11 is 0. The van der Waals surface area contributed by atoms with Crippen LogP contribution in [0.4, 0.5) is 5.69 Å². The highest BCUT2D eigenvalue weighted by Crippen LogP contribution is 2.19. The van der Waals surface area contributed by atoms with Gasteiger partial charge in [-0.25, -0.2) is 9.97 Å². The molecule has 2 aromatic heterocycles. The van der Waals surface area contributed by atoms with Crippen molar-refractivity contribution in [1.82, 2.24) is 19.9 Å². The molecule has 0 saturated carbocycles. The maximum atomic E-state index is 12.2. The molecule has 0 atom stereocenters. The van der Waals surface area contributed by atoms with Gasteiger partial charge in [-0.2, -0.15) is 0 Å². The van der Waals surface area contributed by atoms with E-state index in [2.05, 4.69) is 25.3 Å². The molecule has 2 N–H and O–H groups in total. The Morgan fingerprint density at radius 1 is 1.08 bits per heavy atom. The third-order valence-electron chi connectivity index (χ3n) is 3.28. The van der Waals surface area contributed by atoms with Crippen molar-refractivity contribution in [1.29, 1.82) is 0 Å². The molecule has 0 aliphatic heterocycles. The van der Waals surface area contributed by atoms with Gasteiger partial charge in [0, 0.05) is 29.2 Å². The first kappa shape index (κ1) is 15.5. The number of hydrogen-bond acceptors (Lipinski definition) is 5. The maximum absolute atomic E-state index is 12.2. The number of H-pyrrole nitrogens is 1. The van der Waals surface area contributed by atoms with E-state index < -0.39 is 0 Å². The second-order valence-corrected chi connectivity index (χ2v) is 5.31. The van der Waals surface area contributed by atoms with Gasteiger partial charge < -0.3 is 10.3 Å². The van der Waals surface area contributed by atoms with Gasteiger partial charge in [-0.05, 0) is 26.0 Å². The Bertz CT molecular complexity index is 948. The molecule has 7 heteroatoms. The van der Waals surface area contributed by atoms with Crippen molar-refractivity contribution in [3.8, 4) is 11.4 Å². The predicted molar refractivity (Wildman–Crippen MR) is 89.8 cm³/mol. The molecule has 0 radical (unpaired) electrons. The topological polar surface area (TPSA) is 101 Å². The second kappa shape index (κ2) is 6.41. The van der Waals surface area contributed by atoms with E-state index in [1.165, 1.54) is 18.5 Å². The number of aryl methyl sites for hydroxylation is 2. The Morgan fingerprint density at radius 3 is 2.62 bits per heavy atom. The predicted octanol–water partition coefficient (Wildman–Crippen LogP) is 2.10. The normalized spacial score (nSPS) is 10.4. The number of nitrogens with one attached hydrogen (secondary N) is 2. The number of amides is 1. The van der Waals surface area contributed by atoms with Gasteiger partial charge in [-0.3, -0.25) is 14.6 Å². The molecule has 3 rings (SSSR count). The number of aromatic amines is 1. The molecule has 24 heavy (non-hydrogen) atoms. The Kier molecular flexibility index (Phi) is 4.15. The van der Waals surface area contributed by atoms with Crippen LogP contribution in [-0.2, 0) is 0 Å². The molecule has 0 aliphatic rings. The van der Waals surface area contributed by atoms with Crippen molar-refractivity contribution in [3.63, 3.8) is 0 Å². The zero-order valence-corrected chi connectivity index (χ0v) is 13.2. The molecular formula is C17H15N5O2. The standard InChI is InChI=1S/C17H15N5O2/c1-10-6-15(23)22-16(20-10)12-4-3-5-13(7-12)21-17(24)14-9-18-11(2)8-19-14/h3-9H,1-2H3,(H,21,24)(H,20,22,23). The van der Waals surface area contributed by atoms with E-state index in [1.54, 1.807) is 38.1 Å². The fourth-order valence-corrected chi connectivity index (χ4v) is 2.17. The van der Waals surface area contributed by atoms with Crippen molar-refractivity contribution in [3.05, 3.63) is 70.2 Å². The summed E-state index contributed by atoms with van der Waals surface area (Å²) in [4.78, 5) is 38.9. The van der Waals surface area contributed by atoms with E-state index in [0.29, 0.717) is 22.8 Å². The summed E-state index contributed by atoms with van der Waals surface area (Å²) in [6.45, 7) is 3.55. The lowest BCUT2D eigenvalue weighted by atomic mass is 10.2. The number of rotatable bonds is 3. The highest BCUT2D eigenvalue weighted by molar-refractivity contribution is 6.02. The average molecular weight is 321 g/mol. The summed E-state index contributed by atoms with van der Waals surface area (Å²) < 4.78 is 0. The van der Waals surface area contributed by atoms with Crippen LogP contribution in [0.25, 0.3) is 11.4 Å². The molecular weight excluding hydrogens is 306 g/mol. The zero-order valence-electron chi connectivity index (χ0n) is 13.2.